The molecule has 176 valence electrons. The summed E-state index contributed by atoms with van der Waals surface area (Å²) in [6.07, 6.45) is 17.5. The monoisotopic (exact) mass is 428 g/mol. The molecule has 0 radical (unpaired) electrons. The second kappa shape index (κ2) is 8.86. The maximum Gasteiger partial charge on any atom is 0.302 e. The van der Waals surface area contributed by atoms with Gasteiger partial charge in [-0.2, -0.15) is 0 Å². The molecular weight excluding hydrogens is 380 g/mol. The third-order valence-electron chi connectivity index (χ3n) is 11.2. The fourth-order valence-electron chi connectivity index (χ4n) is 9.29. The molecule has 0 heterocycles. The third kappa shape index (κ3) is 4.04. The van der Waals surface area contributed by atoms with E-state index in [1.54, 1.807) is 6.92 Å². The average Bonchev–Trinajstić information content (AvgIpc) is 3.26. The molecule has 7 unspecified atom stereocenters. The van der Waals surface area contributed by atoms with Crippen LogP contribution in [0.5, 0.6) is 0 Å². The highest BCUT2D eigenvalue weighted by molar-refractivity contribution is 5.65. The molecule has 0 saturated heterocycles. The molecule has 0 bridgehead atoms. The summed E-state index contributed by atoms with van der Waals surface area (Å²) in [6, 6.07) is 0. The molecule has 0 aromatic carbocycles. The number of ether oxygens (including phenoxy) is 1. The standard InChI is InChI=1S/C29H48O2/c1-7-19(2)8-9-20(3)24-12-13-26-23-10-11-25-22(18-31-21(4)30)14-16-29(25,6)27(23)15-17-28(24,26)5/h8-9,19-20,22-27H,7,10-18H2,1-6H3/b9-8+/t19-,20?,22?,23?,24?,25?,26?,27?,28+,29-/m0/s1. The van der Waals surface area contributed by atoms with Gasteiger partial charge in [-0.05, 0) is 110 Å². The first-order chi connectivity index (χ1) is 14.7. The van der Waals surface area contributed by atoms with Crippen molar-refractivity contribution in [3.63, 3.8) is 0 Å². The van der Waals surface area contributed by atoms with E-state index in [0.717, 1.165) is 29.6 Å². The fraction of sp³-hybridized carbons (Fsp3) is 0.897. The summed E-state index contributed by atoms with van der Waals surface area (Å²) in [5, 5.41) is 0. The Morgan fingerprint density at radius 1 is 0.935 bits per heavy atom. The second-order valence-corrected chi connectivity index (χ2v) is 12.5. The van der Waals surface area contributed by atoms with Crippen LogP contribution in [0, 0.1) is 58.2 Å². The topological polar surface area (TPSA) is 26.3 Å². The van der Waals surface area contributed by atoms with Gasteiger partial charge >= 0.3 is 5.97 Å². The lowest BCUT2D eigenvalue weighted by molar-refractivity contribution is -0.144. The number of carbonyl (C=O) groups is 1. The number of hydrogen-bond acceptors (Lipinski definition) is 2. The van der Waals surface area contributed by atoms with Crippen molar-refractivity contribution in [1.29, 1.82) is 0 Å². The Morgan fingerprint density at radius 2 is 1.61 bits per heavy atom. The zero-order valence-electron chi connectivity index (χ0n) is 21.2. The summed E-state index contributed by atoms with van der Waals surface area (Å²) >= 11 is 0. The molecular formula is C29H48O2. The highest BCUT2D eigenvalue weighted by Gasteiger charge is 2.62. The molecule has 0 N–H and O–H groups in total. The number of hydrogen-bond donors (Lipinski definition) is 0. The van der Waals surface area contributed by atoms with Crippen LogP contribution >= 0.6 is 0 Å². The van der Waals surface area contributed by atoms with Crippen molar-refractivity contribution >= 4 is 5.97 Å². The van der Waals surface area contributed by atoms with Gasteiger partial charge in [0.1, 0.15) is 0 Å². The van der Waals surface area contributed by atoms with Gasteiger partial charge in [0, 0.05) is 6.92 Å². The molecule has 2 nitrogen and oxygen atoms in total. The second-order valence-electron chi connectivity index (χ2n) is 12.5. The summed E-state index contributed by atoms with van der Waals surface area (Å²) < 4.78 is 5.48. The molecule has 4 aliphatic rings. The summed E-state index contributed by atoms with van der Waals surface area (Å²) in [6.45, 7) is 14.7. The Labute approximate surface area is 192 Å². The van der Waals surface area contributed by atoms with Crippen LogP contribution < -0.4 is 0 Å². The third-order valence-corrected chi connectivity index (χ3v) is 11.2. The van der Waals surface area contributed by atoms with Crippen molar-refractivity contribution in [1.82, 2.24) is 0 Å². The Balaban J connectivity index is 1.47. The van der Waals surface area contributed by atoms with Crippen molar-refractivity contribution in [3.05, 3.63) is 12.2 Å². The van der Waals surface area contributed by atoms with Gasteiger partial charge in [-0.25, -0.2) is 0 Å². The number of carbonyl (C=O) groups excluding carboxylic acids is 1. The van der Waals surface area contributed by atoms with Gasteiger partial charge in [-0.1, -0.05) is 53.2 Å². The largest absolute Gasteiger partial charge is 0.466 e. The van der Waals surface area contributed by atoms with E-state index in [2.05, 4.69) is 46.8 Å². The summed E-state index contributed by atoms with van der Waals surface area (Å²) in [5.74, 6) is 6.32. The fourth-order valence-corrected chi connectivity index (χ4v) is 9.29. The minimum absolute atomic E-state index is 0.107. The molecule has 4 saturated carbocycles. The minimum atomic E-state index is -0.107. The van der Waals surface area contributed by atoms with Crippen LogP contribution in [-0.4, -0.2) is 12.6 Å². The lowest BCUT2D eigenvalue weighted by Gasteiger charge is -2.58. The number of rotatable bonds is 6. The van der Waals surface area contributed by atoms with E-state index in [9.17, 15) is 4.79 Å². The summed E-state index contributed by atoms with van der Waals surface area (Å²) in [4.78, 5) is 11.4. The maximum absolute atomic E-state index is 11.4. The van der Waals surface area contributed by atoms with Crippen LogP contribution in [0.1, 0.15) is 99.3 Å². The molecule has 0 aliphatic heterocycles. The van der Waals surface area contributed by atoms with Crippen LogP contribution in [0.25, 0.3) is 0 Å². The Kier molecular flexibility index (Phi) is 6.68. The summed E-state index contributed by atoms with van der Waals surface area (Å²) in [5.41, 5.74) is 1.02. The van der Waals surface area contributed by atoms with Crippen molar-refractivity contribution < 1.29 is 9.53 Å². The van der Waals surface area contributed by atoms with E-state index in [1.807, 2.05) is 0 Å². The highest BCUT2D eigenvalue weighted by atomic mass is 16.5. The van der Waals surface area contributed by atoms with Gasteiger partial charge in [-0.15, -0.1) is 0 Å². The van der Waals surface area contributed by atoms with Gasteiger partial charge in [0.2, 0.25) is 0 Å². The quantitative estimate of drug-likeness (QED) is 0.320. The smallest absolute Gasteiger partial charge is 0.302 e. The van der Waals surface area contributed by atoms with E-state index >= 15 is 0 Å². The normalized spacial score (nSPS) is 46.3. The predicted molar refractivity (Wildman–Crippen MR) is 128 cm³/mol. The van der Waals surface area contributed by atoms with Crippen LogP contribution in [0.4, 0.5) is 0 Å². The lowest BCUT2D eigenvalue weighted by Crippen LogP contribution is -2.51. The molecule has 0 spiro atoms. The minimum Gasteiger partial charge on any atom is -0.466 e. The molecule has 4 rings (SSSR count). The first-order valence-electron chi connectivity index (χ1n) is 13.5. The van der Waals surface area contributed by atoms with E-state index in [4.69, 9.17) is 4.74 Å². The van der Waals surface area contributed by atoms with Crippen LogP contribution in [0.2, 0.25) is 0 Å². The molecule has 0 amide bonds. The van der Waals surface area contributed by atoms with Crippen LogP contribution in [0.15, 0.2) is 12.2 Å². The van der Waals surface area contributed by atoms with E-state index in [1.165, 1.54) is 57.8 Å². The SMILES string of the molecule is CC[C@H](C)/C=C/C(C)C1CCC2C3CCC4C(COC(C)=O)CC[C@]4(C)C3CC[C@]12C. The number of fused-ring (bicyclic) bond motifs is 5. The van der Waals surface area contributed by atoms with Gasteiger partial charge in [0.15, 0.2) is 0 Å². The molecule has 10 atom stereocenters. The number of esters is 1. The maximum atomic E-state index is 11.4. The zero-order valence-corrected chi connectivity index (χ0v) is 21.2. The molecule has 31 heavy (non-hydrogen) atoms. The Bertz CT molecular complexity index is 682. The van der Waals surface area contributed by atoms with Crippen LogP contribution in [-0.2, 0) is 9.53 Å². The van der Waals surface area contributed by atoms with Crippen molar-refractivity contribution in [3.8, 4) is 0 Å². The van der Waals surface area contributed by atoms with E-state index in [0.29, 0.717) is 35.2 Å². The highest BCUT2D eigenvalue weighted by Crippen LogP contribution is 2.69. The predicted octanol–water partition coefficient (Wildman–Crippen LogP) is 7.67. The Morgan fingerprint density at radius 3 is 2.32 bits per heavy atom. The van der Waals surface area contributed by atoms with Gasteiger partial charge in [0.25, 0.3) is 0 Å². The van der Waals surface area contributed by atoms with Gasteiger partial charge in [-0.3, -0.25) is 4.79 Å². The van der Waals surface area contributed by atoms with Gasteiger partial charge < -0.3 is 4.74 Å². The van der Waals surface area contributed by atoms with E-state index < -0.39 is 0 Å². The molecule has 2 heteroatoms. The van der Waals surface area contributed by atoms with Crippen LogP contribution in [0.3, 0.4) is 0 Å². The molecule has 0 aromatic rings. The Hall–Kier alpha value is -0.790. The summed E-state index contributed by atoms with van der Waals surface area (Å²) in [7, 11) is 0. The average molecular weight is 429 g/mol. The number of allylic oxidation sites excluding steroid dienone is 2. The van der Waals surface area contributed by atoms with Gasteiger partial charge in [0.05, 0.1) is 6.61 Å². The van der Waals surface area contributed by atoms with Crippen molar-refractivity contribution in [2.24, 2.45) is 58.2 Å². The molecule has 0 aromatic heterocycles. The first kappa shape index (κ1) is 23.4. The van der Waals surface area contributed by atoms with Crippen molar-refractivity contribution in [2.75, 3.05) is 6.61 Å². The molecule has 4 aliphatic carbocycles. The van der Waals surface area contributed by atoms with E-state index in [-0.39, 0.29) is 5.97 Å². The lowest BCUT2D eigenvalue weighted by atomic mass is 9.47. The molecule has 4 fully saturated rings. The first-order valence-corrected chi connectivity index (χ1v) is 13.5. The van der Waals surface area contributed by atoms with Crippen molar-refractivity contribution in [2.45, 2.75) is 99.3 Å². The zero-order chi connectivity index (χ0) is 22.4.